The molecule has 0 atom stereocenters. The van der Waals surface area contributed by atoms with Crippen molar-refractivity contribution in [3.8, 4) is 0 Å². The van der Waals surface area contributed by atoms with Gasteiger partial charge in [0.25, 0.3) is 5.56 Å². The van der Waals surface area contributed by atoms with Crippen molar-refractivity contribution < 1.29 is 13.6 Å². The maximum atomic E-state index is 13.5. The molecule has 0 spiro atoms. The first-order chi connectivity index (χ1) is 10.8. The van der Waals surface area contributed by atoms with Gasteiger partial charge < -0.3 is 11.1 Å². The van der Waals surface area contributed by atoms with E-state index in [2.05, 4.69) is 10.3 Å². The zero-order valence-electron chi connectivity index (χ0n) is 12.7. The van der Waals surface area contributed by atoms with Crippen molar-refractivity contribution in [2.45, 2.75) is 26.9 Å². The lowest BCUT2D eigenvalue weighted by atomic mass is 10.2. The second kappa shape index (κ2) is 6.55. The molecule has 2 aromatic rings. The third-order valence-electron chi connectivity index (χ3n) is 3.46. The topological polar surface area (TPSA) is 90.0 Å². The highest BCUT2D eigenvalue weighted by Crippen LogP contribution is 2.09. The van der Waals surface area contributed by atoms with Gasteiger partial charge in [0, 0.05) is 29.4 Å². The number of carbonyl (C=O) groups is 1. The van der Waals surface area contributed by atoms with Crippen molar-refractivity contribution in [2.24, 2.45) is 0 Å². The highest BCUT2D eigenvalue weighted by Gasteiger charge is 2.13. The van der Waals surface area contributed by atoms with Gasteiger partial charge in [-0.15, -0.1) is 0 Å². The van der Waals surface area contributed by atoms with Crippen molar-refractivity contribution in [3.63, 3.8) is 0 Å². The summed E-state index contributed by atoms with van der Waals surface area (Å²) >= 11 is 0. The number of rotatable bonds is 4. The number of amides is 1. The molecule has 23 heavy (non-hydrogen) atoms. The maximum Gasteiger partial charge on any atom is 0.258 e. The number of halogens is 2. The van der Waals surface area contributed by atoms with Crippen LogP contribution < -0.4 is 16.6 Å². The molecule has 0 aliphatic heterocycles. The SMILES string of the molecule is Cc1nc(N)n(CC(=O)NCc2ccc(F)cc2F)c(=O)c1C. The van der Waals surface area contributed by atoms with E-state index in [1.54, 1.807) is 13.8 Å². The van der Waals surface area contributed by atoms with E-state index >= 15 is 0 Å². The number of aryl methyl sites for hydroxylation is 1. The van der Waals surface area contributed by atoms with Gasteiger partial charge in [-0.3, -0.25) is 14.2 Å². The molecule has 3 N–H and O–H groups in total. The molecule has 1 amide bonds. The molecule has 1 aromatic heterocycles. The Kier molecular flexibility index (Phi) is 4.73. The van der Waals surface area contributed by atoms with Gasteiger partial charge in [-0.2, -0.15) is 0 Å². The van der Waals surface area contributed by atoms with Gasteiger partial charge in [0.2, 0.25) is 11.9 Å². The van der Waals surface area contributed by atoms with Crippen LogP contribution in [0.3, 0.4) is 0 Å². The Morgan fingerprint density at radius 3 is 2.70 bits per heavy atom. The first-order valence-corrected chi connectivity index (χ1v) is 6.83. The summed E-state index contributed by atoms with van der Waals surface area (Å²) in [6.07, 6.45) is 0. The molecular formula is C15H16F2N4O2. The summed E-state index contributed by atoms with van der Waals surface area (Å²) in [6.45, 7) is 2.78. The summed E-state index contributed by atoms with van der Waals surface area (Å²) in [5, 5.41) is 2.45. The lowest BCUT2D eigenvalue weighted by Gasteiger charge is -2.12. The van der Waals surface area contributed by atoms with Crippen molar-refractivity contribution in [3.05, 3.63) is 57.0 Å². The Morgan fingerprint density at radius 2 is 2.04 bits per heavy atom. The van der Waals surface area contributed by atoms with Gasteiger partial charge >= 0.3 is 0 Å². The van der Waals surface area contributed by atoms with E-state index in [1.165, 1.54) is 6.07 Å². The number of carbonyl (C=O) groups excluding carboxylic acids is 1. The van der Waals surface area contributed by atoms with Crippen LogP contribution in [0.15, 0.2) is 23.0 Å². The molecule has 0 saturated carbocycles. The molecule has 0 aliphatic carbocycles. The van der Waals surface area contributed by atoms with Crippen molar-refractivity contribution in [1.29, 1.82) is 0 Å². The molecule has 1 heterocycles. The second-order valence-corrected chi connectivity index (χ2v) is 5.08. The molecule has 0 aliphatic rings. The number of hydrogen-bond donors (Lipinski definition) is 2. The van der Waals surface area contributed by atoms with Crippen LogP contribution in [0, 0.1) is 25.5 Å². The Bertz CT molecular complexity index is 818. The Labute approximate surface area is 131 Å². The molecule has 6 nitrogen and oxygen atoms in total. The normalized spacial score (nSPS) is 10.6. The van der Waals surface area contributed by atoms with Crippen LogP contribution in [-0.2, 0) is 17.9 Å². The quantitative estimate of drug-likeness (QED) is 0.880. The van der Waals surface area contributed by atoms with E-state index in [0.29, 0.717) is 11.3 Å². The summed E-state index contributed by atoms with van der Waals surface area (Å²) in [4.78, 5) is 28.0. The Hall–Kier alpha value is -2.77. The molecule has 0 fully saturated rings. The predicted octanol–water partition coefficient (Wildman–Crippen LogP) is 1.04. The molecule has 0 bridgehead atoms. The van der Waals surface area contributed by atoms with Crippen LogP contribution >= 0.6 is 0 Å². The fourth-order valence-corrected chi connectivity index (χ4v) is 1.99. The van der Waals surface area contributed by atoms with Crippen LogP contribution in [0.1, 0.15) is 16.8 Å². The van der Waals surface area contributed by atoms with E-state index in [-0.39, 0.29) is 24.6 Å². The first kappa shape index (κ1) is 16.6. The van der Waals surface area contributed by atoms with Crippen LogP contribution in [0.2, 0.25) is 0 Å². The third-order valence-corrected chi connectivity index (χ3v) is 3.46. The minimum absolute atomic E-state index is 0.0683. The summed E-state index contributed by atoms with van der Waals surface area (Å²) in [6, 6.07) is 3.07. The standard InChI is InChI=1S/C15H16F2N4O2/c1-8-9(2)20-15(18)21(14(8)23)7-13(22)19-6-10-3-4-11(16)5-12(10)17/h3-5H,6-7H2,1-2H3,(H2,18,20)(H,19,22). The zero-order chi connectivity index (χ0) is 17.1. The average molecular weight is 322 g/mol. The number of benzene rings is 1. The smallest absolute Gasteiger partial charge is 0.258 e. The molecule has 0 radical (unpaired) electrons. The molecule has 0 unspecified atom stereocenters. The van der Waals surface area contributed by atoms with Gasteiger partial charge in [0.1, 0.15) is 18.2 Å². The lowest BCUT2D eigenvalue weighted by Crippen LogP contribution is -2.35. The molecule has 8 heteroatoms. The number of anilines is 1. The van der Waals surface area contributed by atoms with Gasteiger partial charge in [0.15, 0.2) is 0 Å². The van der Waals surface area contributed by atoms with E-state index in [9.17, 15) is 18.4 Å². The number of nitrogens with zero attached hydrogens (tertiary/aromatic N) is 2. The summed E-state index contributed by atoms with van der Waals surface area (Å²) in [5.74, 6) is -2.05. The van der Waals surface area contributed by atoms with Gasteiger partial charge in [-0.1, -0.05) is 6.07 Å². The number of aromatic nitrogens is 2. The number of nitrogens with two attached hydrogens (primary N) is 1. The number of hydrogen-bond acceptors (Lipinski definition) is 4. The van der Waals surface area contributed by atoms with Crippen molar-refractivity contribution in [2.75, 3.05) is 5.73 Å². The van der Waals surface area contributed by atoms with Crippen LogP contribution in [0.5, 0.6) is 0 Å². The van der Waals surface area contributed by atoms with Crippen LogP contribution in [-0.4, -0.2) is 15.5 Å². The second-order valence-electron chi connectivity index (χ2n) is 5.08. The minimum atomic E-state index is -0.755. The Balaban J connectivity index is 2.09. The summed E-state index contributed by atoms with van der Waals surface area (Å²) in [5.41, 5.74) is 6.29. The van der Waals surface area contributed by atoms with Gasteiger partial charge in [-0.05, 0) is 19.9 Å². The summed E-state index contributed by atoms with van der Waals surface area (Å²) < 4.78 is 27.3. The van der Waals surface area contributed by atoms with Gasteiger partial charge in [0.05, 0.1) is 0 Å². The fourth-order valence-electron chi connectivity index (χ4n) is 1.99. The molecule has 2 rings (SSSR count). The zero-order valence-corrected chi connectivity index (χ0v) is 12.7. The number of nitrogen functional groups attached to an aromatic ring is 1. The van der Waals surface area contributed by atoms with Crippen LogP contribution in [0.4, 0.5) is 14.7 Å². The summed E-state index contributed by atoms with van der Waals surface area (Å²) in [7, 11) is 0. The largest absolute Gasteiger partial charge is 0.369 e. The highest BCUT2D eigenvalue weighted by atomic mass is 19.1. The van der Waals surface area contributed by atoms with E-state index in [4.69, 9.17) is 5.73 Å². The van der Waals surface area contributed by atoms with Gasteiger partial charge in [-0.25, -0.2) is 13.8 Å². The number of nitrogens with one attached hydrogen (secondary N) is 1. The monoisotopic (exact) mass is 322 g/mol. The van der Waals surface area contributed by atoms with E-state index in [1.807, 2.05) is 0 Å². The van der Waals surface area contributed by atoms with Crippen LogP contribution in [0.25, 0.3) is 0 Å². The lowest BCUT2D eigenvalue weighted by molar-refractivity contribution is -0.121. The Morgan fingerprint density at radius 1 is 1.35 bits per heavy atom. The predicted molar refractivity (Wildman–Crippen MR) is 80.6 cm³/mol. The maximum absolute atomic E-state index is 13.5. The molecular weight excluding hydrogens is 306 g/mol. The third kappa shape index (κ3) is 3.71. The highest BCUT2D eigenvalue weighted by molar-refractivity contribution is 5.76. The first-order valence-electron chi connectivity index (χ1n) is 6.83. The van der Waals surface area contributed by atoms with E-state index < -0.39 is 23.1 Å². The average Bonchev–Trinajstić information content (AvgIpc) is 2.48. The fraction of sp³-hybridized carbons (Fsp3) is 0.267. The molecule has 122 valence electrons. The van der Waals surface area contributed by atoms with Crippen molar-refractivity contribution >= 4 is 11.9 Å². The molecule has 0 saturated heterocycles. The minimum Gasteiger partial charge on any atom is -0.369 e. The van der Waals surface area contributed by atoms with Crippen molar-refractivity contribution in [1.82, 2.24) is 14.9 Å². The molecule has 1 aromatic carbocycles. The van der Waals surface area contributed by atoms with E-state index in [0.717, 1.165) is 16.7 Å².